The smallest absolute Gasteiger partial charge is 0.410 e. The molecule has 1 aliphatic rings. The van der Waals surface area contributed by atoms with E-state index in [9.17, 15) is 4.79 Å². The van der Waals surface area contributed by atoms with Gasteiger partial charge in [0.25, 0.3) is 0 Å². The summed E-state index contributed by atoms with van der Waals surface area (Å²) in [7, 11) is 0. The Balaban J connectivity index is 1.59. The monoisotopic (exact) mass is 361 g/mol. The number of aromatic nitrogens is 1. The summed E-state index contributed by atoms with van der Waals surface area (Å²) < 4.78 is 6.74. The van der Waals surface area contributed by atoms with Crippen LogP contribution in [0.3, 0.4) is 0 Å². The van der Waals surface area contributed by atoms with Gasteiger partial charge in [-0.05, 0) is 65.2 Å². The molecule has 1 fully saturated rings. The SMILES string of the molecule is CC(CC1CCCN1C(=O)OC(C)(C)C)Nc1ccc2ncsc2c1. The summed E-state index contributed by atoms with van der Waals surface area (Å²) in [5.41, 5.74) is 3.56. The number of amides is 1. The molecule has 1 N–H and O–H groups in total. The lowest BCUT2D eigenvalue weighted by atomic mass is 10.1. The van der Waals surface area contributed by atoms with Crippen LogP contribution in [-0.2, 0) is 4.74 Å². The highest BCUT2D eigenvalue weighted by Crippen LogP contribution is 2.26. The fraction of sp³-hybridized carbons (Fsp3) is 0.579. The Labute approximate surface area is 153 Å². The van der Waals surface area contributed by atoms with E-state index in [1.807, 2.05) is 37.2 Å². The van der Waals surface area contributed by atoms with Crippen molar-refractivity contribution in [1.82, 2.24) is 9.88 Å². The quantitative estimate of drug-likeness (QED) is 0.843. The van der Waals surface area contributed by atoms with Gasteiger partial charge in [-0.25, -0.2) is 9.78 Å². The maximum atomic E-state index is 12.4. The zero-order chi connectivity index (χ0) is 18.0. The molecule has 3 rings (SSSR count). The summed E-state index contributed by atoms with van der Waals surface area (Å²) in [5, 5.41) is 3.56. The predicted molar refractivity (Wildman–Crippen MR) is 103 cm³/mol. The van der Waals surface area contributed by atoms with Crippen molar-refractivity contribution in [3.8, 4) is 0 Å². The molecule has 136 valence electrons. The Morgan fingerprint density at radius 2 is 2.28 bits per heavy atom. The molecule has 0 aliphatic carbocycles. The van der Waals surface area contributed by atoms with Gasteiger partial charge in [-0.15, -0.1) is 11.3 Å². The molecule has 1 aliphatic heterocycles. The highest BCUT2D eigenvalue weighted by atomic mass is 32.1. The molecule has 0 saturated carbocycles. The zero-order valence-electron chi connectivity index (χ0n) is 15.4. The van der Waals surface area contributed by atoms with E-state index < -0.39 is 5.60 Å². The van der Waals surface area contributed by atoms with E-state index in [2.05, 4.69) is 29.4 Å². The van der Waals surface area contributed by atoms with Crippen molar-refractivity contribution in [2.75, 3.05) is 11.9 Å². The Bertz CT molecular complexity index is 738. The maximum Gasteiger partial charge on any atom is 0.410 e. The fourth-order valence-corrected chi connectivity index (χ4v) is 4.05. The number of ether oxygens (including phenoxy) is 1. The normalized spacial score (nSPS) is 19.2. The van der Waals surface area contributed by atoms with Crippen molar-refractivity contribution >= 4 is 33.3 Å². The second kappa shape index (κ2) is 7.20. The Kier molecular flexibility index (Phi) is 5.18. The van der Waals surface area contributed by atoms with Crippen LogP contribution in [0.2, 0.25) is 0 Å². The van der Waals surface area contributed by atoms with Crippen molar-refractivity contribution in [3.05, 3.63) is 23.7 Å². The van der Waals surface area contributed by atoms with E-state index in [-0.39, 0.29) is 18.2 Å². The lowest BCUT2D eigenvalue weighted by Gasteiger charge is -2.30. The van der Waals surface area contributed by atoms with Gasteiger partial charge < -0.3 is 15.0 Å². The Morgan fingerprint density at radius 1 is 1.48 bits per heavy atom. The molecule has 2 heterocycles. The molecule has 6 heteroatoms. The molecule has 1 aromatic carbocycles. The third-order valence-electron chi connectivity index (χ3n) is 4.38. The summed E-state index contributed by atoms with van der Waals surface area (Å²) in [4.78, 5) is 18.6. The number of hydrogen-bond donors (Lipinski definition) is 1. The van der Waals surface area contributed by atoms with E-state index in [4.69, 9.17) is 4.74 Å². The minimum atomic E-state index is -0.446. The van der Waals surface area contributed by atoms with Gasteiger partial charge in [-0.3, -0.25) is 0 Å². The molecule has 25 heavy (non-hydrogen) atoms. The molecule has 1 saturated heterocycles. The fourth-order valence-electron chi connectivity index (χ4n) is 3.34. The predicted octanol–water partition coefficient (Wildman–Crippen LogP) is 4.89. The second-order valence-corrected chi connectivity index (χ2v) is 8.67. The minimum absolute atomic E-state index is 0.187. The van der Waals surface area contributed by atoms with E-state index in [1.54, 1.807) is 11.3 Å². The number of fused-ring (bicyclic) bond motifs is 1. The highest BCUT2D eigenvalue weighted by Gasteiger charge is 2.32. The van der Waals surface area contributed by atoms with Crippen molar-refractivity contribution in [1.29, 1.82) is 0 Å². The first-order chi connectivity index (χ1) is 11.8. The standard InChI is InChI=1S/C19H27N3O2S/c1-13(21-14-7-8-16-17(11-14)25-12-20-16)10-15-6-5-9-22(15)18(23)24-19(2,3)4/h7-8,11-13,15,21H,5-6,9-10H2,1-4H3. The molecule has 5 nitrogen and oxygen atoms in total. The van der Waals surface area contributed by atoms with Crippen LogP contribution < -0.4 is 5.32 Å². The molecule has 2 aromatic rings. The number of nitrogens with zero attached hydrogens (tertiary/aromatic N) is 2. The van der Waals surface area contributed by atoms with Crippen LogP contribution in [-0.4, -0.2) is 40.2 Å². The average molecular weight is 362 g/mol. The summed E-state index contributed by atoms with van der Waals surface area (Å²) in [6.45, 7) is 8.70. The molecule has 1 aromatic heterocycles. The van der Waals surface area contributed by atoms with Crippen molar-refractivity contribution in [2.45, 2.75) is 64.6 Å². The van der Waals surface area contributed by atoms with Gasteiger partial charge in [0.1, 0.15) is 5.60 Å². The molecule has 2 unspecified atom stereocenters. The van der Waals surface area contributed by atoms with Crippen LogP contribution >= 0.6 is 11.3 Å². The number of nitrogens with one attached hydrogen (secondary N) is 1. The summed E-state index contributed by atoms with van der Waals surface area (Å²) >= 11 is 1.65. The van der Waals surface area contributed by atoms with Crippen molar-refractivity contribution < 1.29 is 9.53 Å². The number of carbonyl (C=O) groups is 1. The molecule has 0 radical (unpaired) electrons. The van der Waals surface area contributed by atoms with E-state index >= 15 is 0 Å². The van der Waals surface area contributed by atoms with Crippen molar-refractivity contribution in [2.24, 2.45) is 0 Å². The number of rotatable bonds is 4. The first-order valence-corrected chi connectivity index (χ1v) is 9.79. The van der Waals surface area contributed by atoms with E-state index in [0.29, 0.717) is 0 Å². The summed E-state index contributed by atoms with van der Waals surface area (Å²) in [5.74, 6) is 0. The first kappa shape index (κ1) is 18.0. The van der Waals surface area contributed by atoms with Gasteiger partial charge in [0.15, 0.2) is 0 Å². The lowest BCUT2D eigenvalue weighted by Crippen LogP contribution is -2.41. The topological polar surface area (TPSA) is 54.5 Å². The van der Waals surface area contributed by atoms with Crippen LogP contribution in [0.5, 0.6) is 0 Å². The molecule has 0 bridgehead atoms. The summed E-state index contributed by atoms with van der Waals surface area (Å²) in [6, 6.07) is 6.77. The van der Waals surface area contributed by atoms with Crippen LogP contribution in [0.4, 0.5) is 10.5 Å². The molecular weight excluding hydrogens is 334 g/mol. The lowest BCUT2D eigenvalue weighted by molar-refractivity contribution is 0.0218. The third-order valence-corrected chi connectivity index (χ3v) is 5.17. The largest absolute Gasteiger partial charge is 0.444 e. The van der Waals surface area contributed by atoms with Crippen LogP contribution in [0.25, 0.3) is 10.2 Å². The van der Waals surface area contributed by atoms with Gasteiger partial charge in [-0.1, -0.05) is 0 Å². The Hall–Kier alpha value is -1.82. The number of benzene rings is 1. The van der Waals surface area contributed by atoms with Crippen LogP contribution in [0, 0.1) is 0 Å². The number of thiazole rings is 1. The van der Waals surface area contributed by atoms with Gasteiger partial charge >= 0.3 is 6.09 Å². The van der Waals surface area contributed by atoms with Crippen molar-refractivity contribution in [3.63, 3.8) is 0 Å². The van der Waals surface area contributed by atoms with Crippen LogP contribution in [0.1, 0.15) is 47.0 Å². The van der Waals surface area contributed by atoms with E-state index in [0.717, 1.165) is 37.0 Å². The van der Waals surface area contributed by atoms with Crippen LogP contribution in [0.15, 0.2) is 23.7 Å². The second-order valence-electron chi connectivity index (χ2n) is 7.79. The minimum Gasteiger partial charge on any atom is -0.444 e. The van der Waals surface area contributed by atoms with E-state index in [1.165, 1.54) is 4.70 Å². The summed E-state index contributed by atoms with van der Waals surface area (Å²) in [6.07, 6.45) is 2.82. The molecular formula is C19H27N3O2S. The third kappa shape index (κ3) is 4.63. The number of hydrogen-bond acceptors (Lipinski definition) is 5. The first-order valence-electron chi connectivity index (χ1n) is 8.91. The van der Waals surface area contributed by atoms with Gasteiger partial charge in [0.05, 0.1) is 15.7 Å². The zero-order valence-corrected chi connectivity index (χ0v) is 16.2. The maximum absolute atomic E-state index is 12.4. The highest BCUT2D eigenvalue weighted by molar-refractivity contribution is 7.16. The number of anilines is 1. The number of likely N-dealkylation sites (tertiary alicyclic amines) is 1. The average Bonchev–Trinajstić information content (AvgIpc) is 3.13. The number of carbonyl (C=O) groups excluding carboxylic acids is 1. The van der Waals surface area contributed by atoms with Gasteiger partial charge in [-0.2, -0.15) is 0 Å². The van der Waals surface area contributed by atoms with Gasteiger partial charge in [0.2, 0.25) is 0 Å². The van der Waals surface area contributed by atoms with Gasteiger partial charge in [0, 0.05) is 24.3 Å². The Morgan fingerprint density at radius 3 is 3.04 bits per heavy atom. The molecule has 0 spiro atoms. The molecule has 1 amide bonds. The molecule has 2 atom stereocenters.